The predicted octanol–water partition coefficient (Wildman–Crippen LogP) is 4.24. The molecule has 1 aromatic heterocycles. The number of fused-ring (bicyclic) bond motifs is 1. The van der Waals surface area contributed by atoms with Crippen LogP contribution >= 0.6 is 11.3 Å². The molecule has 1 fully saturated rings. The molecule has 1 aliphatic heterocycles. The molecule has 0 aliphatic carbocycles. The van der Waals surface area contributed by atoms with Gasteiger partial charge in [-0.25, -0.2) is 4.98 Å². The third kappa shape index (κ3) is 4.15. The van der Waals surface area contributed by atoms with E-state index in [0.717, 1.165) is 23.1 Å². The number of para-hydroxylation sites is 2. The van der Waals surface area contributed by atoms with Gasteiger partial charge in [-0.15, -0.1) is 0 Å². The Kier molecular flexibility index (Phi) is 5.85. The summed E-state index contributed by atoms with van der Waals surface area (Å²) in [4.78, 5) is 19.4. The Balaban J connectivity index is 1.34. The molecule has 2 heterocycles. The van der Waals surface area contributed by atoms with Crippen LogP contribution in [-0.2, 0) is 0 Å². The van der Waals surface area contributed by atoms with Crippen molar-refractivity contribution in [2.75, 3.05) is 33.9 Å². The number of likely N-dealkylation sites (tertiary alicyclic amines) is 1. The average molecular weight is 413 g/mol. The summed E-state index contributed by atoms with van der Waals surface area (Å²) in [6.45, 7) is 2.03. The lowest BCUT2D eigenvalue weighted by Gasteiger charge is -2.32. The van der Waals surface area contributed by atoms with Gasteiger partial charge in [0.1, 0.15) is 0 Å². The third-order valence-electron chi connectivity index (χ3n) is 5.25. The first-order valence-electron chi connectivity index (χ1n) is 9.68. The molecule has 0 N–H and O–H groups in total. The van der Waals surface area contributed by atoms with Crippen molar-refractivity contribution in [2.24, 2.45) is 5.92 Å². The third-order valence-corrected chi connectivity index (χ3v) is 6.20. The highest BCUT2D eigenvalue weighted by atomic mass is 32.1. The number of thiazole rings is 1. The number of carbonyl (C=O) groups excluding carboxylic acids is 1. The molecule has 3 aromatic rings. The maximum Gasteiger partial charge on any atom is 0.274 e. The molecule has 0 radical (unpaired) electrons. The fraction of sp³-hybridized carbons (Fsp3) is 0.364. The zero-order chi connectivity index (χ0) is 20.2. The number of amides is 1. The number of carbonyl (C=O) groups is 1. The van der Waals surface area contributed by atoms with E-state index >= 15 is 0 Å². The Bertz CT molecular complexity index is 962. The van der Waals surface area contributed by atoms with Crippen LogP contribution in [-0.4, -0.2) is 49.7 Å². The van der Waals surface area contributed by atoms with E-state index in [0.29, 0.717) is 47.9 Å². The van der Waals surface area contributed by atoms with E-state index in [1.807, 2.05) is 29.2 Å². The van der Waals surface area contributed by atoms with E-state index in [4.69, 9.17) is 14.2 Å². The lowest BCUT2D eigenvalue weighted by molar-refractivity contribution is 0.0657. The van der Waals surface area contributed by atoms with Gasteiger partial charge in [0.2, 0.25) is 0 Å². The molecule has 1 aliphatic rings. The first-order chi connectivity index (χ1) is 14.2. The van der Waals surface area contributed by atoms with E-state index in [9.17, 15) is 4.79 Å². The lowest BCUT2D eigenvalue weighted by atomic mass is 9.97. The number of piperidine rings is 1. The standard InChI is InChI=1S/C22H24N2O4S/c1-26-18-8-5-6-16(20(18)27-2)21(25)24-12-10-15(11-13-24)14-28-22-23-17-7-3-4-9-19(17)29-22/h3-9,15H,10-14H2,1-2H3. The fourth-order valence-corrected chi connectivity index (χ4v) is 4.45. The Morgan fingerprint density at radius 1 is 1.10 bits per heavy atom. The van der Waals surface area contributed by atoms with Gasteiger partial charge in [-0.05, 0) is 43.0 Å². The summed E-state index contributed by atoms with van der Waals surface area (Å²) < 4.78 is 17.8. The summed E-state index contributed by atoms with van der Waals surface area (Å²) in [6.07, 6.45) is 1.81. The minimum atomic E-state index is -0.0220. The molecule has 1 saturated heterocycles. The topological polar surface area (TPSA) is 60.9 Å². The Morgan fingerprint density at radius 3 is 2.62 bits per heavy atom. The summed E-state index contributed by atoms with van der Waals surface area (Å²) in [5.74, 6) is 1.45. The number of hydrogen-bond acceptors (Lipinski definition) is 6. The van der Waals surface area contributed by atoms with Crippen LogP contribution in [0.2, 0.25) is 0 Å². The van der Waals surface area contributed by atoms with Crippen LogP contribution < -0.4 is 14.2 Å². The van der Waals surface area contributed by atoms with Gasteiger partial charge in [0.15, 0.2) is 11.5 Å². The molecule has 6 nitrogen and oxygen atoms in total. The summed E-state index contributed by atoms with van der Waals surface area (Å²) in [6, 6.07) is 13.4. The second-order valence-corrected chi connectivity index (χ2v) is 8.03. The number of aromatic nitrogens is 1. The largest absolute Gasteiger partial charge is 0.493 e. The average Bonchev–Trinajstić information content (AvgIpc) is 3.20. The molecule has 0 spiro atoms. The first kappa shape index (κ1) is 19.5. The van der Waals surface area contributed by atoms with Gasteiger partial charge in [0, 0.05) is 13.1 Å². The van der Waals surface area contributed by atoms with Gasteiger partial charge >= 0.3 is 0 Å². The van der Waals surface area contributed by atoms with Crippen molar-refractivity contribution in [3.05, 3.63) is 48.0 Å². The van der Waals surface area contributed by atoms with E-state index in [2.05, 4.69) is 11.1 Å². The molecule has 1 amide bonds. The zero-order valence-electron chi connectivity index (χ0n) is 16.6. The second kappa shape index (κ2) is 8.69. The zero-order valence-corrected chi connectivity index (χ0v) is 17.4. The van der Waals surface area contributed by atoms with Gasteiger partial charge in [0.25, 0.3) is 11.1 Å². The summed E-state index contributed by atoms with van der Waals surface area (Å²) in [5, 5.41) is 0.714. The summed E-state index contributed by atoms with van der Waals surface area (Å²) in [5.41, 5.74) is 1.51. The van der Waals surface area contributed by atoms with Crippen LogP contribution in [0, 0.1) is 5.92 Å². The second-order valence-electron chi connectivity index (χ2n) is 7.04. The van der Waals surface area contributed by atoms with Crippen LogP contribution in [0.15, 0.2) is 42.5 Å². The monoisotopic (exact) mass is 412 g/mol. The van der Waals surface area contributed by atoms with Gasteiger partial charge in [-0.3, -0.25) is 4.79 Å². The molecular formula is C22H24N2O4S. The van der Waals surface area contributed by atoms with Gasteiger partial charge in [0.05, 0.1) is 36.6 Å². The van der Waals surface area contributed by atoms with Gasteiger partial charge in [-0.2, -0.15) is 0 Å². The van der Waals surface area contributed by atoms with E-state index in [1.165, 1.54) is 0 Å². The smallest absolute Gasteiger partial charge is 0.274 e. The Morgan fingerprint density at radius 2 is 1.90 bits per heavy atom. The van der Waals surface area contributed by atoms with Crippen molar-refractivity contribution >= 4 is 27.5 Å². The lowest BCUT2D eigenvalue weighted by Crippen LogP contribution is -2.39. The highest BCUT2D eigenvalue weighted by molar-refractivity contribution is 7.20. The molecule has 0 atom stereocenters. The normalized spacial score (nSPS) is 14.8. The molecule has 29 heavy (non-hydrogen) atoms. The number of hydrogen-bond donors (Lipinski definition) is 0. The van der Waals surface area contributed by atoms with Gasteiger partial charge < -0.3 is 19.1 Å². The van der Waals surface area contributed by atoms with E-state index in [-0.39, 0.29) is 5.91 Å². The maximum absolute atomic E-state index is 13.0. The molecule has 0 bridgehead atoms. The van der Waals surface area contributed by atoms with E-state index < -0.39 is 0 Å². The number of methoxy groups -OCH3 is 2. The molecule has 152 valence electrons. The number of rotatable bonds is 6. The van der Waals surface area contributed by atoms with E-state index in [1.54, 1.807) is 37.7 Å². The van der Waals surface area contributed by atoms with Crippen LogP contribution in [0.1, 0.15) is 23.2 Å². The number of benzene rings is 2. The summed E-state index contributed by atoms with van der Waals surface area (Å²) in [7, 11) is 3.13. The van der Waals surface area contributed by atoms with Crippen molar-refractivity contribution in [3.8, 4) is 16.7 Å². The molecule has 4 rings (SSSR count). The molecule has 7 heteroatoms. The fourth-order valence-electron chi connectivity index (χ4n) is 3.63. The van der Waals surface area contributed by atoms with Crippen LogP contribution in [0.4, 0.5) is 0 Å². The van der Waals surface area contributed by atoms with Crippen molar-refractivity contribution in [1.82, 2.24) is 9.88 Å². The molecule has 2 aromatic carbocycles. The molecule has 0 saturated carbocycles. The predicted molar refractivity (Wildman–Crippen MR) is 113 cm³/mol. The minimum absolute atomic E-state index is 0.0220. The van der Waals surface area contributed by atoms with Crippen molar-refractivity contribution in [2.45, 2.75) is 12.8 Å². The van der Waals surface area contributed by atoms with Gasteiger partial charge in [-0.1, -0.05) is 29.5 Å². The van der Waals surface area contributed by atoms with Crippen molar-refractivity contribution in [3.63, 3.8) is 0 Å². The highest BCUT2D eigenvalue weighted by Gasteiger charge is 2.27. The number of nitrogens with zero attached hydrogens (tertiary/aromatic N) is 2. The first-order valence-corrected chi connectivity index (χ1v) is 10.5. The van der Waals surface area contributed by atoms with Crippen LogP contribution in [0.25, 0.3) is 10.2 Å². The quantitative estimate of drug-likeness (QED) is 0.606. The highest BCUT2D eigenvalue weighted by Crippen LogP contribution is 2.33. The summed E-state index contributed by atoms with van der Waals surface area (Å²) >= 11 is 1.57. The molecular weight excluding hydrogens is 388 g/mol. The Labute approximate surface area is 174 Å². The Hall–Kier alpha value is -2.80. The minimum Gasteiger partial charge on any atom is -0.493 e. The maximum atomic E-state index is 13.0. The van der Waals surface area contributed by atoms with Crippen molar-refractivity contribution < 1.29 is 19.0 Å². The van der Waals surface area contributed by atoms with Crippen LogP contribution in [0.3, 0.4) is 0 Å². The number of ether oxygens (including phenoxy) is 3. The van der Waals surface area contributed by atoms with Crippen molar-refractivity contribution in [1.29, 1.82) is 0 Å². The molecule has 0 unspecified atom stereocenters. The SMILES string of the molecule is COc1cccc(C(=O)N2CCC(COc3nc4ccccc4s3)CC2)c1OC. The van der Waals surface area contributed by atoms with Crippen LogP contribution in [0.5, 0.6) is 16.7 Å².